The van der Waals surface area contributed by atoms with Crippen LogP contribution in [0.15, 0.2) is 103 Å². The van der Waals surface area contributed by atoms with E-state index in [1.165, 1.54) is 24.3 Å². The van der Waals surface area contributed by atoms with Crippen molar-refractivity contribution < 1.29 is 34.2 Å². The molecule has 5 amide bonds. The van der Waals surface area contributed by atoms with Gasteiger partial charge in [0.2, 0.25) is 11.8 Å². The zero-order chi connectivity index (χ0) is 33.3. The smallest absolute Gasteiger partial charge is 0.319 e. The van der Waals surface area contributed by atoms with Crippen molar-refractivity contribution >= 4 is 41.1 Å². The number of urea groups is 1. The Morgan fingerprint density at radius 2 is 1.53 bits per heavy atom. The summed E-state index contributed by atoms with van der Waals surface area (Å²) in [5.74, 6) is -2.98. The Morgan fingerprint density at radius 3 is 2.21 bits per heavy atom. The maximum Gasteiger partial charge on any atom is 0.319 e. The van der Waals surface area contributed by atoms with Gasteiger partial charge in [-0.1, -0.05) is 72.8 Å². The Bertz CT molecular complexity index is 1760. The van der Waals surface area contributed by atoms with Gasteiger partial charge in [0.25, 0.3) is 5.91 Å². The molecule has 1 aliphatic rings. The van der Waals surface area contributed by atoms with Gasteiger partial charge in [-0.15, -0.1) is 0 Å². The number of amides is 5. The summed E-state index contributed by atoms with van der Waals surface area (Å²) in [6.45, 7) is -0.285. The highest BCUT2D eigenvalue weighted by Gasteiger charge is 2.37. The molecular formula is C35H33N5O7. The number of phenols is 1. The second-order valence-corrected chi connectivity index (χ2v) is 11.0. The second-order valence-electron chi connectivity index (χ2n) is 11.0. The average Bonchev–Trinajstić information content (AvgIpc) is 3.15. The van der Waals surface area contributed by atoms with Crippen molar-refractivity contribution in [1.29, 1.82) is 0 Å². The number of phenolic OH excluding ortho intramolecular Hbond substituents is 1. The summed E-state index contributed by atoms with van der Waals surface area (Å²) in [6, 6.07) is 25.9. The maximum absolute atomic E-state index is 14.1. The topological polar surface area (TPSA) is 177 Å². The highest BCUT2D eigenvalue weighted by Crippen LogP contribution is 2.28. The molecule has 4 aromatic rings. The van der Waals surface area contributed by atoms with Crippen LogP contribution in [0.5, 0.6) is 5.75 Å². The standard InChI is InChI=1S/C35H33N5O7/c41-26-14-11-22(12-15-26)17-30-33(45)39-28-16-13-25(37-35(47)36-20-23-7-3-1-4-8-23)18-27(28)34(46)40(30)21-31(42)38-29(19-32(43)44)24-9-5-2-6-10-24/h1-16,18,29-30,41H,17,19-21H2,(H,38,42)(H,39,45)(H,43,44)(H2,36,37,47)/t29-,30-/m0/s1. The zero-order valence-electron chi connectivity index (χ0n) is 25.2. The number of aromatic hydroxyl groups is 1. The van der Waals surface area contributed by atoms with E-state index in [1.54, 1.807) is 48.5 Å². The Kier molecular flexibility index (Phi) is 10.1. The van der Waals surface area contributed by atoms with Gasteiger partial charge in [0.15, 0.2) is 0 Å². The first kappa shape index (κ1) is 32.2. The number of carbonyl (C=O) groups excluding carboxylic acids is 4. The highest BCUT2D eigenvalue weighted by molar-refractivity contribution is 6.11. The molecule has 12 nitrogen and oxygen atoms in total. The molecule has 2 atom stereocenters. The summed E-state index contributed by atoms with van der Waals surface area (Å²) >= 11 is 0. The molecule has 47 heavy (non-hydrogen) atoms. The molecule has 0 saturated heterocycles. The predicted octanol–water partition coefficient (Wildman–Crippen LogP) is 4.05. The molecule has 12 heteroatoms. The Morgan fingerprint density at radius 1 is 0.851 bits per heavy atom. The molecule has 0 bridgehead atoms. The largest absolute Gasteiger partial charge is 0.508 e. The van der Waals surface area contributed by atoms with E-state index in [-0.39, 0.29) is 35.7 Å². The Labute approximate surface area is 270 Å². The van der Waals surface area contributed by atoms with Crippen LogP contribution in [0.25, 0.3) is 0 Å². The van der Waals surface area contributed by atoms with Gasteiger partial charge in [0, 0.05) is 18.7 Å². The average molecular weight is 636 g/mol. The number of hydrogen-bond acceptors (Lipinski definition) is 6. The molecule has 0 aliphatic carbocycles. The van der Waals surface area contributed by atoms with Crippen molar-refractivity contribution in [1.82, 2.24) is 15.5 Å². The van der Waals surface area contributed by atoms with Crippen LogP contribution < -0.4 is 21.3 Å². The van der Waals surface area contributed by atoms with E-state index in [0.717, 1.165) is 10.5 Å². The first-order valence-electron chi connectivity index (χ1n) is 14.8. The van der Waals surface area contributed by atoms with Gasteiger partial charge >= 0.3 is 12.0 Å². The summed E-state index contributed by atoms with van der Waals surface area (Å²) in [4.78, 5) is 66.6. The molecule has 0 spiro atoms. The Balaban J connectivity index is 1.40. The number of carboxylic acid groups (broad SMARTS) is 1. The van der Waals surface area contributed by atoms with E-state index < -0.39 is 54.8 Å². The van der Waals surface area contributed by atoms with Crippen molar-refractivity contribution in [2.75, 3.05) is 17.2 Å². The highest BCUT2D eigenvalue weighted by atomic mass is 16.4. The minimum Gasteiger partial charge on any atom is -0.508 e. The quantitative estimate of drug-likeness (QED) is 0.144. The monoisotopic (exact) mass is 635 g/mol. The number of aliphatic carboxylic acids is 1. The normalized spacial score (nSPS) is 14.6. The second kappa shape index (κ2) is 14.7. The van der Waals surface area contributed by atoms with Crippen LogP contribution in [-0.4, -0.2) is 57.4 Å². The third kappa shape index (κ3) is 8.51. The molecule has 0 aromatic heterocycles. The van der Waals surface area contributed by atoms with Crippen molar-refractivity contribution in [3.63, 3.8) is 0 Å². The first-order chi connectivity index (χ1) is 22.7. The summed E-state index contributed by atoms with van der Waals surface area (Å²) in [5, 5.41) is 30.1. The van der Waals surface area contributed by atoms with Crippen LogP contribution in [0.2, 0.25) is 0 Å². The molecule has 0 unspecified atom stereocenters. The fraction of sp³-hybridized carbons (Fsp3) is 0.171. The SMILES string of the molecule is O=C(O)C[C@H](NC(=O)CN1C(=O)c2cc(NC(=O)NCc3ccccc3)ccc2NC(=O)[C@@H]1Cc1ccc(O)cc1)c1ccccc1. The maximum atomic E-state index is 14.1. The summed E-state index contributed by atoms with van der Waals surface area (Å²) < 4.78 is 0. The third-order valence-corrected chi connectivity index (χ3v) is 7.60. The van der Waals surface area contributed by atoms with Crippen LogP contribution in [0.1, 0.15) is 39.5 Å². The first-order valence-corrected chi connectivity index (χ1v) is 14.8. The van der Waals surface area contributed by atoms with Crippen LogP contribution in [0.3, 0.4) is 0 Å². The van der Waals surface area contributed by atoms with Crippen LogP contribution in [0, 0.1) is 0 Å². The van der Waals surface area contributed by atoms with Gasteiger partial charge in [-0.05, 0) is 47.0 Å². The molecular weight excluding hydrogens is 602 g/mol. The van der Waals surface area contributed by atoms with Gasteiger partial charge in [0.1, 0.15) is 18.3 Å². The lowest BCUT2D eigenvalue weighted by atomic mass is 10.0. The van der Waals surface area contributed by atoms with Crippen molar-refractivity contribution in [2.45, 2.75) is 31.5 Å². The minimum absolute atomic E-state index is 0.0172. The molecule has 5 rings (SSSR count). The predicted molar refractivity (Wildman–Crippen MR) is 174 cm³/mol. The lowest BCUT2D eigenvalue weighted by Crippen LogP contribution is -2.51. The minimum atomic E-state index is -1.15. The fourth-order valence-corrected chi connectivity index (χ4v) is 5.26. The fourth-order valence-electron chi connectivity index (χ4n) is 5.26. The number of rotatable bonds is 11. The van der Waals surface area contributed by atoms with E-state index in [9.17, 15) is 34.2 Å². The van der Waals surface area contributed by atoms with E-state index >= 15 is 0 Å². The number of nitrogens with one attached hydrogen (secondary N) is 4. The molecule has 6 N–H and O–H groups in total. The molecule has 0 saturated carbocycles. The number of carboxylic acids is 1. The van der Waals surface area contributed by atoms with E-state index in [2.05, 4.69) is 21.3 Å². The van der Waals surface area contributed by atoms with Crippen molar-refractivity contribution in [3.05, 3.63) is 125 Å². The van der Waals surface area contributed by atoms with Gasteiger partial charge in [0.05, 0.1) is 23.7 Å². The van der Waals surface area contributed by atoms with Gasteiger partial charge in [-0.3, -0.25) is 19.2 Å². The lowest BCUT2D eigenvalue weighted by molar-refractivity contribution is -0.137. The lowest BCUT2D eigenvalue weighted by Gasteiger charge is -2.29. The van der Waals surface area contributed by atoms with Gasteiger partial charge in [-0.2, -0.15) is 0 Å². The van der Waals surface area contributed by atoms with Crippen LogP contribution in [0.4, 0.5) is 16.2 Å². The molecule has 4 aromatic carbocycles. The number of fused-ring (bicyclic) bond motifs is 1. The van der Waals surface area contributed by atoms with Crippen molar-refractivity contribution in [3.8, 4) is 5.75 Å². The molecule has 1 heterocycles. The number of anilines is 2. The van der Waals surface area contributed by atoms with E-state index in [0.29, 0.717) is 11.1 Å². The summed E-state index contributed by atoms with van der Waals surface area (Å²) in [6.07, 6.45) is -0.380. The number of hydrogen-bond donors (Lipinski definition) is 6. The third-order valence-electron chi connectivity index (χ3n) is 7.60. The van der Waals surface area contributed by atoms with Crippen LogP contribution in [-0.2, 0) is 27.3 Å². The molecule has 1 aliphatic heterocycles. The number of benzene rings is 4. The van der Waals surface area contributed by atoms with E-state index in [1.807, 2.05) is 30.3 Å². The van der Waals surface area contributed by atoms with Crippen LogP contribution >= 0.6 is 0 Å². The van der Waals surface area contributed by atoms with Gasteiger partial charge < -0.3 is 36.4 Å². The molecule has 0 fully saturated rings. The summed E-state index contributed by atoms with van der Waals surface area (Å²) in [5.41, 5.74) is 2.61. The number of carbonyl (C=O) groups is 5. The zero-order valence-corrected chi connectivity index (χ0v) is 25.2. The molecule has 240 valence electrons. The van der Waals surface area contributed by atoms with Crippen molar-refractivity contribution in [2.24, 2.45) is 0 Å². The Hall–Kier alpha value is -6.17. The van der Waals surface area contributed by atoms with Gasteiger partial charge in [-0.25, -0.2) is 4.79 Å². The number of nitrogens with zero attached hydrogens (tertiary/aromatic N) is 1. The van der Waals surface area contributed by atoms with E-state index in [4.69, 9.17) is 0 Å². The molecule has 0 radical (unpaired) electrons. The summed E-state index contributed by atoms with van der Waals surface area (Å²) in [7, 11) is 0.